The number of carbonyl (C=O) groups excluding carboxylic acids is 1. The number of nitrogens with one attached hydrogen (secondary N) is 2. The molecule has 0 aromatic heterocycles. The predicted molar refractivity (Wildman–Crippen MR) is 144 cm³/mol. The molecule has 1 atom stereocenters. The van der Waals surface area contributed by atoms with Gasteiger partial charge in [-0.2, -0.15) is 0 Å². The fourth-order valence-electron chi connectivity index (χ4n) is 3.37. The minimum Gasteiger partial charge on any atom is -0.491 e. The second kappa shape index (κ2) is 11.8. The summed E-state index contributed by atoms with van der Waals surface area (Å²) in [6, 6.07) is 21.8. The molecule has 9 heteroatoms. The van der Waals surface area contributed by atoms with Crippen LogP contribution in [0.25, 0.3) is 0 Å². The van der Waals surface area contributed by atoms with Crippen LogP contribution in [0, 0.1) is 0 Å². The summed E-state index contributed by atoms with van der Waals surface area (Å²) in [6.07, 6.45) is 2.10. The van der Waals surface area contributed by atoms with Gasteiger partial charge in [-0.15, -0.1) is 0 Å². The van der Waals surface area contributed by atoms with Crippen LogP contribution >= 0.6 is 12.2 Å². The molecule has 7 nitrogen and oxygen atoms in total. The van der Waals surface area contributed by atoms with E-state index in [4.69, 9.17) is 17.0 Å². The number of sulfonamides is 1. The van der Waals surface area contributed by atoms with E-state index in [-0.39, 0.29) is 22.0 Å². The fourth-order valence-corrected chi connectivity index (χ4v) is 4.77. The van der Waals surface area contributed by atoms with E-state index in [1.165, 1.54) is 23.5 Å². The van der Waals surface area contributed by atoms with E-state index in [1.807, 2.05) is 13.0 Å². The zero-order chi connectivity index (χ0) is 25.4. The summed E-state index contributed by atoms with van der Waals surface area (Å²) < 4.78 is 32.8. The third-order valence-electron chi connectivity index (χ3n) is 5.27. The van der Waals surface area contributed by atoms with E-state index in [0.29, 0.717) is 22.7 Å². The predicted octanol–water partition coefficient (Wildman–Crippen LogP) is 5.21. The van der Waals surface area contributed by atoms with E-state index in [0.717, 1.165) is 12.8 Å². The number of carbonyl (C=O) groups is 1. The molecule has 0 radical (unpaired) electrons. The van der Waals surface area contributed by atoms with Gasteiger partial charge >= 0.3 is 0 Å². The van der Waals surface area contributed by atoms with Gasteiger partial charge in [-0.3, -0.25) is 14.4 Å². The number of ether oxygens (including phenoxy) is 1. The molecule has 1 amide bonds. The van der Waals surface area contributed by atoms with Gasteiger partial charge in [-0.25, -0.2) is 8.42 Å². The molecule has 0 saturated heterocycles. The van der Waals surface area contributed by atoms with Crippen LogP contribution in [0.4, 0.5) is 11.4 Å². The molecule has 0 spiro atoms. The van der Waals surface area contributed by atoms with Crippen molar-refractivity contribution in [3.8, 4) is 5.75 Å². The van der Waals surface area contributed by atoms with E-state index in [9.17, 15) is 13.2 Å². The smallest absolute Gasteiger partial charge is 0.264 e. The van der Waals surface area contributed by atoms with E-state index < -0.39 is 10.0 Å². The van der Waals surface area contributed by atoms with Gasteiger partial charge in [0.25, 0.3) is 15.9 Å². The Bertz CT molecular complexity index is 1250. The summed E-state index contributed by atoms with van der Waals surface area (Å²) in [7, 11) is -2.21. The van der Waals surface area contributed by atoms with Crippen LogP contribution in [0.5, 0.6) is 5.75 Å². The summed E-state index contributed by atoms with van der Waals surface area (Å²) in [5.41, 5.74) is 1.55. The largest absolute Gasteiger partial charge is 0.491 e. The van der Waals surface area contributed by atoms with Gasteiger partial charge in [0.2, 0.25) is 0 Å². The first-order chi connectivity index (χ1) is 16.7. The zero-order valence-corrected chi connectivity index (χ0v) is 21.5. The van der Waals surface area contributed by atoms with Crippen molar-refractivity contribution >= 4 is 44.6 Å². The topological polar surface area (TPSA) is 87.7 Å². The quantitative estimate of drug-likeness (QED) is 0.384. The molecule has 3 rings (SSSR count). The Morgan fingerprint density at radius 2 is 1.63 bits per heavy atom. The lowest BCUT2D eigenvalue weighted by atomic mass is 10.2. The number of nitrogens with zero attached hydrogens (tertiary/aromatic N) is 1. The lowest BCUT2D eigenvalue weighted by molar-refractivity contribution is 0.0977. The average molecular weight is 512 g/mol. The molecule has 0 aliphatic rings. The van der Waals surface area contributed by atoms with Crippen LogP contribution in [0.1, 0.15) is 37.0 Å². The van der Waals surface area contributed by atoms with Gasteiger partial charge < -0.3 is 10.1 Å². The number of para-hydroxylation sites is 1. The maximum Gasteiger partial charge on any atom is 0.264 e. The Labute approximate surface area is 212 Å². The molecule has 0 aliphatic carbocycles. The van der Waals surface area contributed by atoms with Crippen LogP contribution in [-0.4, -0.2) is 32.6 Å². The van der Waals surface area contributed by atoms with Crippen molar-refractivity contribution in [3.05, 3.63) is 84.4 Å². The van der Waals surface area contributed by atoms with Crippen molar-refractivity contribution in [1.29, 1.82) is 0 Å². The number of anilines is 2. The SMILES string of the molecule is CCCC(C)Oc1ccc(C(=O)NC(=S)Nc2ccc(S(=O)(=O)N(C)c3ccccc3)cc2)cc1. The number of rotatable bonds is 9. The Balaban J connectivity index is 1.58. The summed E-state index contributed by atoms with van der Waals surface area (Å²) in [5.74, 6) is 0.343. The van der Waals surface area contributed by atoms with Gasteiger partial charge in [0, 0.05) is 18.3 Å². The molecule has 0 bridgehead atoms. The van der Waals surface area contributed by atoms with Crippen molar-refractivity contribution in [2.75, 3.05) is 16.7 Å². The standard InChI is InChI=1S/C26H29N3O4S2/c1-4-8-19(2)33-23-15-11-20(12-16-23)25(30)28-26(34)27-21-13-17-24(18-14-21)35(31,32)29(3)22-9-6-5-7-10-22/h5-7,9-19H,4,8H2,1-3H3,(H2,27,28,30,34). The van der Waals surface area contributed by atoms with Gasteiger partial charge in [0.15, 0.2) is 5.11 Å². The van der Waals surface area contributed by atoms with E-state index in [1.54, 1.807) is 60.7 Å². The van der Waals surface area contributed by atoms with Crippen LogP contribution in [0.2, 0.25) is 0 Å². The molecule has 1 unspecified atom stereocenters. The van der Waals surface area contributed by atoms with Crippen molar-refractivity contribution < 1.29 is 17.9 Å². The summed E-state index contributed by atoms with van der Waals surface area (Å²) in [6.45, 7) is 4.11. The average Bonchev–Trinajstić information content (AvgIpc) is 2.85. The van der Waals surface area contributed by atoms with Gasteiger partial charge in [-0.1, -0.05) is 31.5 Å². The normalized spacial score (nSPS) is 11.9. The molecule has 3 aromatic carbocycles. The highest BCUT2D eigenvalue weighted by atomic mass is 32.2. The number of benzene rings is 3. The highest BCUT2D eigenvalue weighted by molar-refractivity contribution is 7.92. The molecule has 0 saturated carbocycles. The number of amides is 1. The minimum atomic E-state index is -3.71. The molecule has 0 aliphatic heterocycles. The van der Waals surface area contributed by atoms with Crippen LogP contribution in [0.3, 0.4) is 0 Å². The zero-order valence-electron chi connectivity index (χ0n) is 19.9. The molecule has 0 heterocycles. The molecule has 184 valence electrons. The second-order valence-corrected chi connectivity index (χ2v) is 10.4. The van der Waals surface area contributed by atoms with E-state index >= 15 is 0 Å². The van der Waals surface area contributed by atoms with E-state index in [2.05, 4.69) is 17.6 Å². The van der Waals surface area contributed by atoms with Gasteiger partial charge in [0.05, 0.1) is 16.7 Å². The summed E-state index contributed by atoms with van der Waals surface area (Å²) in [4.78, 5) is 12.7. The Kier molecular flexibility index (Phi) is 8.84. The number of hydrogen-bond donors (Lipinski definition) is 2. The van der Waals surface area contributed by atoms with Crippen LogP contribution < -0.4 is 19.7 Å². The first kappa shape index (κ1) is 26.2. The Morgan fingerprint density at radius 3 is 2.23 bits per heavy atom. The monoisotopic (exact) mass is 511 g/mol. The molecule has 2 N–H and O–H groups in total. The van der Waals surface area contributed by atoms with Gasteiger partial charge in [-0.05, 0) is 86.2 Å². The minimum absolute atomic E-state index is 0.101. The summed E-state index contributed by atoms with van der Waals surface area (Å²) >= 11 is 5.24. The first-order valence-corrected chi connectivity index (χ1v) is 13.1. The highest BCUT2D eigenvalue weighted by Gasteiger charge is 2.21. The van der Waals surface area contributed by atoms with Crippen LogP contribution in [-0.2, 0) is 10.0 Å². The van der Waals surface area contributed by atoms with Crippen LogP contribution in [0.15, 0.2) is 83.8 Å². The third kappa shape index (κ3) is 7.03. The highest BCUT2D eigenvalue weighted by Crippen LogP contribution is 2.23. The molecule has 35 heavy (non-hydrogen) atoms. The van der Waals surface area contributed by atoms with Crippen molar-refractivity contribution in [1.82, 2.24) is 5.32 Å². The Hall–Kier alpha value is -3.43. The van der Waals surface area contributed by atoms with Crippen molar-refractivity contribution in [2.24, 2.45) is 0 Å². The molecular weight excluding hydrogens is 482 g/mol. The second-order valence-electron chi connectivity index (χ2n) is 7.98. The fraction of sp³-hybridized carbons (Fsp3) is 0.231. The molecule has 3 aromatic rings. The lowest BCUT2D eigenvalue weighted by Crippen LogP contribution is -2.34. The first-order valence-electron chi connectivity index (χ1n) is 11.2. The number of hydrogen-bond acceptors (Lipinski definition) is 5. The third-order valence-corrected chi connectivity index (χ3v) is 7.27. The maximum absolute atomic E-state index is 12.9. The number of thiocarbonyl (C=S) groups is 1. The maximum atomic E-state index is 12.9. The van der Waals surface area contributed by atoms with Crippen molar-refractivity contribution in [2.45, 2.75) is 37.7 Å². The lowest BCUT2D eigenvalue weighted by Gasteiger charge is -2.19. The summed E-state index contributed by atoms with van der Waals surface area (Å²) in [5, 5.41) is 5.62. The molecular formula is C26H29N3O4S2. The van der Waals surface area contributed by atoms with Crippen molar-refractivity contribution in [3.63, 3.8) is 0 Å². The molecule has 0 fully saturated rings. The Morgan fingerprint density at radius 1 is 1.00 bits per heavy atom. The van der Waals surface area contributed by atoms with Gasteiger partial charge in [0.1, 0.15) is 5.75 Å².